The van der Waals surface area contributed by atoms with Gasteiger partial charge in [0.15, 0.2) is 0 Å². The van der Waals surface area contributed by atoms with Crippen molar-refractivity contribution in [2.24, 2.45) is 0 Å². The maximum absolute atomic E-state index is 12.9. The Morgan fingerprint density at radius 1 is 1.13 bits per heavy atom. The lowest BCUT2D eigenvalue weighted by atomic mass is 10.4. The lowest BCUT2D eigenvalue weighted by molar-refractivity contribution is 0.577. The van der Waals surface area contributed by atoms with Crippen molar-refractivity contribution in [3.05, 3.63) is 47.8 Å². The largest absolute Gasteiger partial charge is 0.418 e. The smallest absolute Gasteiger partial charge is 0.240 e. The number of sulfone groups is 1. The fourth-order valence-corrected chi connectivity index (χ4v) is 4.14. The van der Waals surface area contributed by atoms with Crippen molar-refractivity contribution in [3.8, 4) is 10.8 Å². The fraction of sp³-hybridized carbons (Fsp3) is 0.188. The van der Waals surface area contributed by atoms with E-state index in [1.807, 2.05) is 17.5 Å². The Morgan fingerprint density at radius 2 is 1.91 bits per heavy atom. The van der Waals surface area contributed by atoms with Crippen LogP contribution in [0, 0.1) is 0 Å². The minimum absolute atomic E-state index is 0.0426. The predicted molar refractivity (Wildman–Crippen MR) is 88.4 cm³/mol. The Morgan fingerprint density at radius 3 is 2.57 bits per heavy atom. The first-order valence-corrected chi connectivity index (χ1v) is 9.62. The summed E-state index contributed by atoms with van der Waals surface area (Å²) < 4.78 is 31.5. The minimum Gasteiger partial charge on any atom is -0.418 e. The van der Waals surface area contributed by atoms with E-state index in [9.17, 15) is 8.42 Å². The SMILES string of the molecule is O=S(=O)(c1ccccc1)c1nc(-c2cccs2)oc1NC1CC1. The van der Waals surface area contributed by atoms with Crippen LogP contribution in [0.1, 0.15) is 12.8 Å². The minimum atomic E-state index is -3.72. The van der Waals surface area contributed by atoms with Gasteiger partial charge in [-0.2, -0.15) is 4.98 Å². The molecule has 4 rings (SSSR count). The van der Waals surface area contributed by atoms with Crippen molar-refractivity contribution in [1.29, 1.82) is 0 Å². The van der Waals surface area contributed by atoms with E-state index >= 15 is 0 Å². The maximum Gasteiger partial charge on any atom is 0.240 e. The zero-order valence-electron chi connectivity index (χ0n) is 12.1. The quantitative estimate of drug-likeness (QED) is 0.760. The van der Waals surface area contributed by atoms with Crippen LogP contribution in [0.2, 0.25) is 0 Å². The van der Waals surface area contributed by atoms with Crippen molar-refractivity contribution >= 4 is 27.1 Å². The number of hydrogen-bond acceptors (Lipinski definition) is 6. The van der Waals surface area contributed by atoms with Gasteiger partial charge in [-0.3, -0.25) is 0 Å². The zero-order chi connectivity index (χ0) is 15.9. The lowest BCUT2D eigenvalue weighted by Gasteiger charge is -2.04. The number of rotatable bonds is 5. The highest BCUT2D eigenvalue weighted by atomic mass is 32.2. The molecule has 2 heterocycles. The Balaban J connectivity index is 1.83. The second kappa shape index (κ2) is 5.50. The summed E-state index contributed by atoms with van der Waals surface area (Å²) in [5, 5.41) is 5.00. The van der Waals surface area contributed by atoms with E-state index in [1.54, 1.807) is 30.3 Å². The van der Waals surface area contributed by atoms with Gasteiger partial charge < -0.3 is 9.73 Å². The van der Waals surface area contributed by atoms with Gasteiger partial charge in [-0.25, -0.2) is 8.42 Å². The van der Waals surface area contributed by atoms with Crippen LogP contribution in [0.15, 0.2) is 62.2 Å². The number of nitrogens with one attached hydrogen (secondary N) is 1. The van der Waals surface area contributed by atoms with Gasteiger partial charge in [-0.15, -0.1) is 11.3 Å². The Hall–Kier alpha value is -2.12. The van der Waals surface area contributed by atoms with E-state index < -0.39 is 9.84 Å². The van der Waals surface area contributed by atoms with Crippen LogP contribution >= 0.6 is 11.3 Å². The number of thiophene rings is 1. The van der Waals surface area contributed by atoms with Crippen LogP contribution in [0.5, 0.6) is 0 Å². The summed E-state index contributed by atoms with van der Waals surface area (Å²) in [6.07, 6.45) is 2.03. The number of nitrogens with zero attached hydrogens (tertiary/aromatic N) is 1. The van der Waals surface area contributed by atoms with E-state index in [2.05, 4.69) is 10.3 Å². The van der Waals surface area contributed by atoms with Crippen LogP contribution in [-0.4, -0.2) is 19.4 Å². The van der Waals surface area contributed by atoms with Gasteiger partial charge in [0, 0.05) is 6.04 Å². The summed E-state index contributed by atoms with van der Waals surface area (Å²) in [5.74, 6) is 0.567. The van der Waals surface area contributed by atoms with E-state index in [0.29, 0.717) is 5.89 Å². The zero-order valence-corrected chi connectivity index (χ0v) is 13.7. The number of hydrogen-bond donors (Lipinski definition) is 1. The molecule has 7 heteroatoms. The topological polar surface area (TPSA) is 72.2 Å². The molecule has 0 aliphatic heterocycles. The summed E-state index contributed by atoms with van der Waals surface area (Å²) >= 11 is 1.46. The van der Waals surface area contributed by atoms with Crippen LogP contribution in [0.25, 0.3) is 10.8 Å². The standard InChI is InChI=1S/C16H14N2O3S2/c19-23(20,12-5-2-1-3-6-12)16-15(17-11-8-9-11)21-14(18-16)13-7-4-10-22-13/h1-7,10-11,17H,8-9H2. The molecule has 1 aliphatic carbocycles. The number of benzene rings is 1. The molecule has 0 radical (unpaired) electrons. The van der Waals surface area contributed by atoms with Gasteiger partial charge in [0.05, 0.1) is 9.77 Å². The van der Waals surface area contributed by atoms with Crippen molar-refractivity contribution in [2.45, 2.75) is 28.8 Å². The summed E-state index contributed by atoms with van der Waals surface area (Å²) in [7, 11) is -3.72. The average Bonchev–Trinajstić information content (AvgIpc) is 3.03. The first kappa shape index (κ1) is 14.5. The third kappa shape index (κ3) is 2.77. The monoisotopic (exact) mass is 346 g/mol. The highest BCUT2D eigenvalue weighted by molar-refractivity contribution is 7.91. The molecule has 0 spiro atoms. The highest BCUT2D eigenvalue weighted by Crippen LogP contribution is 2.36. The molecular formula is C16H14N2O3S2. The third-order valence-electron chi connectivity index (χ3n) is 3.55. The second-order valence-electron chi connectivity index (χ2n) is 5.37. The molecule has 3 aromatic rings. The van der Waals surface area contributed by atoms with Crippen LogP contribution in [-0.2, 0) is 9.84 Å². The molecule has 2 aromatic heterocycles. The molecule has 0 unspecified atom stereocenters. The molecule has 23 heavy (non-hydrogen) atoms. The van der Waals surface area contributed by atoms with E-state index in [1.165, 1.54) is 11.3 Å². The Bertz CT molecular complexity index is 912. The molecule has 1 aliphatic rings. The highest BCUT2D eigenvalue weighted by Gasteiger charge is 2.32. The van der Waals surface area contributed by atoms with Crippen LogP contribution in [0.3, 0.4) is 0 Å². The van der Waals surface area contributed by atoms with Crippen LogP contribution < -0.4 is 5.32 Å². The maximum atomic E-state index is 12.9. The molecular weight excluding hydrogens is 332 g/mol. The van der Waals surface area contributed by atoms with Gasteiger partial charge in [-0.1, -0.05) is 24.3 Å². The lowest BCUT2D eigenvalue weighted by Crippen LogP contribution is -2.08. The summed E-state index contributed by atoms with van der Waals surface area (Å²) in [6.45, 7) is 0. The Labute approximate surface area is 137 Å². The van der Waals surface area contributed by atoms with Gasteiger partial charge >= 0.3 is 0 Å². The average molecular weight is 346 g/mol. The van der Waals surface area contributed by atoms with Gasteiger partial charge in [-0.05, 0) is 36.4 Å². The molecule has 0 atom stereocenters. The Kier molecular flexibility index (Phi) is 3.46. The number of oxazole rings is 1. The summed E-state index contributed by atoms with van der Waals surface area (Å²) in [5.41, 5.74) is 0. The van der Waals surface area contributed by atoms with E-state index in [4.69, 9.17) is 4.42 Å². The van der Waals surface area contributed by atoms with Gasteiger partial charge in [0.2, 0.25) is 26.6 Å². The molecule has 1 fully saturated rings. The fourth-order valence-electron chi connectivity index (χ4n) is 2.21. The molecule has 118 valence electrons. The summed E-state index contributed by atoms with van der Waals surface area (Å²) in [4.78, 5) is 5.29. The molecule has 1 N–H and O–H groups in total. The molecule has 1 saturated carbocycles. The number of anilines is 1. The third-order valence-corrected chi connectivity index (χ3v) is 6.09. The van der Waals surface area contributed by atoms with Gasteiger partial charge in [0.25, 0.3) is 0 Å². The first-order chi connectivity index (χ1) is 11.1. The molecule has 0 bridgehead atoms. The molecule has 5 nitrogen and oxygen atoms in total. The molecule has 0 saturated heterocycles. The molecule has 0 amide bonds. The second-order valence-corrected chi connectivity index (χ2v) is 8.18. The first-order valence-electron chi connectivity index (χ1n) is 7.26. The van der Waals surface area contributed by atoms with Crippen molar-refractivity contribution in [3.63, 3.8) is 0 Å². The number of aromatic nitrogens is 1. The van der Waals surface area contributed by atoms with Gasteiger partial charge in [0.1, 0.15) is 0 Å². The van der Waals surface area contributed by atoms with Crippen LogP contribution in [0.4, 0.5) is 5.88 Å². The van der Waals surface area contributed by atoms with Crippen molar-refractivity contribution in [2.75, 3.05) is 5.32 Å². The van der Waals surface area contributed by atoms with E-state index in [0.717, 1.165) is 17.7 Å². The van der Waals surface area contributed by atoms with Crippen molar-refractivity contribution in [1.82, 2.24) is 4.98 Å². The summed E-state index contributed by atoms with van der Waals surface area (Å²) in [6, 6.07) is 12.3. The van der Waals surface area contributed by atoms with Crippen molar-refractivity contribution < 1.29 is 12.8 Å². The van der Waals surface area contributed by atoms with E-state index in [-0.39, 0.29) is 21.8 Å². The normalized spacial score (nSPS) is 14.8. The predicted octanol–water partition coefficient (Wildman–Crippen LogP) is 3.81. The molecule has 1 aromatic carbocycles.